The lowest BCUT2D eigenvalue weighted by Gasteiger charge is -2.42. The van der Waals surface area contributed by atoms with Crippen molar-refractivity contribution in [2.45, 2.75) is 19.4 Å². The normalized spacial score (nSPS) is 26.0. The number of thiophene rings is 1. The van der Waals surface area contributed by atoms with E-state index < -0.39 is 0 Å². The van der Waals surface area contributed by atoms with E-state index in [0.29, 0.717) is 12.3 Å². The largest absolute Gasteiger partial charge is 0.396 e. The zero-order valence-electron chi connectivity index (χ0n) is 15.0. The lowest BCUT2D eigenvalue weighted by atomic mass is 9.73. The van der Waals surface area contributed by atoms with Crippen molar-refractivity contribution in [3.05, 3.63) is 58.3 Å². The second-order valence-corrected chi connectivity index (χ2v) is 8.75. The number of amides is 1. The van der Waals surface area contributed by atoms with Gasteiger partial charge in [0.05, 0.1) is 13.0 Å². The lowest BCUT2D eigenvalue weighted by molar-refractivity contribution is -0.134. The Balaban J connectivity index is 1.41. The van der Waals surface area contributed by atoms with Crippen molar-refractivity contribution in [2.75, 3.05) is 32.8 Å². The minimum Gasteiger partial charge on any atom is -0.396 e. The average Bonchev–Trinajstić information content (AvgIpc) is 3.29. The number of carbonyl (C=O) groups excluding carboxylic acids is 1. The Morgan fingerprint density at radius 1 is 1.19 bits per heavy atom. The summed E-state index contributed by atoms with van der Waals surface area (Å²) in [6.07, 6.45) is 1.40. The Morgan fingerprint density at radius 2 is 2.04 bits per heavy atom. The molecule has 2 saturated heterocycles. The van der Waals surface area contributed by atoms with Crippen LogP contribution in [0.5, 0.6) is 0 Å². The maximum Gasteiger partial charge on any atom is 0.227 e. The summed E-state index contributed by atoms with van der Waals surface area (Å²) < 4.78 is 0. The Kier molecular flexibility index (Phi) is 5.11. The highest BCUT2D eigenvalue weighted by Gasteiger charge is 2.49. The van der Waals surface area contributed by atoms with Crippen LogP contribution in [0, 0.1) is 11.3 Å². The zero-order valence-corrected chi connectivity index (χ0v) is 15.8. The first-order chi connectivity index (χ1) is 12.7. The number of hydrogen-bond donors (Lipinski definition) is 1. The van der Waals surface area contributed by atoms with Crippen LogP contribution in [0.25, 0.3) is 0 Å². The number of nitrogens with zero attached hydrogens (tertiary/aromatic N) is 2. The molecule has 2 aliphatic rings. The van der Waals surface area contributed by atoms with E-state index in [4.69, 9.17) is 0 Å². The van der Waals surface area contributed by atoms with Gasteiger partial charge in [-0.3, -0.25) is 9.69 Å². The molecule has 0 radical (unpaired) electrons. The van der Waals surface area contributed by atoms with Gasteiger partial charge in [-0.05, 0) is 29.3 Å². The third kappa shape index (κ3) is 3.56. The Bertz CT molecular complexity index is 734. The van der Waals surface area contributed by atoms with Crippen molar-refractivity contribution >= 4 is 17.2 Å². The zero-order chi connectivity index (χ0) is 18.0. The van der Waals surface area contributed by atoms with Crippen molar-refractivity contribution in [2.24, 2.45) is 11.3 Å². The summed E-state index contributed by atoms with van der Waals surface area (Å²) in [5.74, 6) is 0.581. The number of likely N-dealkylation sites (tertiary alicyclic amines) is 2. The molecular formula is C21H26N2O2S. The van der Waals surface area contributed by atoms with Crippen LogP contribution in [0.4, 0.5) is 0 Å². The standard InChI is InChI=1S/C21H26N2O2S/c24-16-21-8-9-23(20(25)11-19-7-4-10-26-19)14-18(21)13-22(15-21)12-17-5-2-1-3-6-17/h1-7,10,18,24H,8-9,11-16H2/t18-,21-/m0/s1. The molecule has 0 spiro atoms. The third-order valence-corrected chi connectivity index (χ3v) is 6.90. The highest BCUT2D eigenvalue weighted by Crippen LogP contribution is 2.43. The number of aliphatic hydroxyl groups excluding tert-OH is 1. The van der Waals surface area contributed by atoms with Gasteiger partial charge in [-0.1, -0.05) is 36.4 Å². The molecule has 0 bridgehead atoms. The number of rotatable bonds is 5. The molecule has 0 saturated carbocycles. The third-order valence-electron chi connectivity index (χ3n) is 6.03. The molecule has 1 N–H and O–H groups in total. The molecule has 3 heterocycles. The second kappa shape index (κ2) is 7.51. The summed E-state index contributed by atoms with van der Waals surface area (Å²) in [7, 11) is 0. The molecule has 2 atom stereocenters. The van der Waals surface area contributed by atoms with E-state index >= 15 is 0 Å². The van der Waals surface area contributed by atoms with Crippen LogP contribution in [0.15, 0.2) is 47.8 Å². The summed E-state index contributed by atoms with van der Waals surface area (Å²) >= 11 is 1.64. The molecule has 1 amide bonds. The van der Waals surface area contributed by atoms with Crippen LogP contribution in [0.3, 0.4) is 0 Å². The molecule has 5 heteroatoms. The number of fused-ring (bicyclic) bond motifs is 1. The van der Waals surface area contributed by atoms with Gasteiger partial charge in [0.25, 0.3) is 0 Å². The van der Waals surface area contributed by atoms with E-state index in [-0.39, 0.29) is 17.9 Å². The highest BCUT2D eigenvalue weighted by atomic mass is 32.1. The van der Waals surface area contributed by atoms with Gasteiger partial charge < -0.3 is 10.0 Å². The summed E-state index contributed by atoms with van der Waals surface area (Å²) in [6, 6.07) is 14.5. The minimum absolute atomic E-state index is 0.0471. The SMILES string of the molecule is O=C(Cc1cccs1)N1CC[C@@]2(CO)CN(Cc3ccccc3)C[C@H]2C1. The Hall–Kier alpha value is -1.69. The number of benzene rings is 1. The van der Waals surface area contributed by atoms with E-state index in [1.165, 1.54) is 5.56 Å². The number of piperidine rings is 1. The topological polar surface area (TPSA) is 43.8 Å². The molecule has 2 aromatic rings. The van der Waals surface area contributed by atoms with Gasteiger partial charge in [0.2, 0.25) is 5.91 Å². The molecule has 0 unspecified atom stereocenters. The van der Waals surface area contributed by atoms with Crippen LogP contribution < -0.4 is 0 Å². The van der Waals surface area contributed by atoms with Gasteiger partial charge in [-0.25, -0.2) is 0 Å². The van der Waals surface area contributed by atoms with Crippen molar-refractivity contribution < 1.29 is 9.90 Å². The average molecular weight is 371 g/mol. The molecular weight excluding hydrogens is 344 g/mol. The fraction of sp³-hybridized carbons (Fsp3) is 0.476. The molecule has 2 fully saturated rings. The fourth-order valence-electron chi connectivity index (χ4n) is 4.51. The Morgan fingerprint density at radius 3 is 2.77 bits per heavy atom. The monoisotopic (exact) mass is 370 g/mol. The number of hydrogen-bond acceptors (Lipinski definition) is 4. The summed E-state index contributed by atoms with van der Waals surface area (Å²) in [6.45, 7) is 4.56. The maximum absolute atomic E-state index is 12.7. The molecule has 138 valence electrons. The first-order valence-corrected chi connectivity index (χ1v) is 10.2. The lowest BCUT2D eigenvalue weighted by Crippen LogP contribution is -2.50. The smallest absolute Gasteiger partial charge is 0.227 e. The van der Waals surface area contributed by atoms with Crippen molar-refractivity contribution in [1.29, 1.82) is 0 Å². The van der Waals surface area contributed by atoms with Crippen LogP contribution in [0.2, 0.25) is 0 Å². The van der Waals surface area contributed by atoms with E-state index in [1.54, 1.807) is 11.3 Å². The number of aliphatic hydroxyl groups is 1. The minimum atomic E-state index is -0.0471. The first kappa shape index (κ1) is 17.7. The first-order valence-electron chi connectivity index (χ1n) is 9.36. The van der Waals surface area contributed by atoms with Crippen LogP contribution in [-0.4, -0.2) is 53.6 Å². The van der Waals surface area contributed by atoms with E-state index in [2.05, 4.69) is 29.2 Å². The molecule has 26 heavy (non-hydrogen) atoms. The van der Waals surface area contributed by atoms with Crippen molar-refractivity contribution in [1.82, 2.24) is 9.80 Å². The summed E-state index contributed by atoms with van der Waals surface area (Å²) in [5, 5.41) is 12.2. The summed E-state index contributed by atoms with van der Waals surface area (Å²) in [5.41, 5.74) is 1.26. The molecule has 1 aromatic heterocycles. The van der Waals surface area contributed by atoms with Gasteiger partial charge in [-0.2, -0.15) is 0 Å². The van der Waals surface area contributed by atoms with Gasteiger partial charge in [-0.15, -0.1) is 11.3 Å². The molecule has 2 aliphatic heterocycles. The predicted molar refractivity (Wildman–Crippen MR) is 104 cm³/mol. The quantitative estimate of drug-likeness (QED) is 0.880. The van der Waals surface area contributed by atoms with E-state index in [0.717, 1.165) is 44.0 Å². The van der Waals surface area contributed by atoms with E-state index in [9.17, 15) is 9.90 Å². The van der Waals surface area contributed by atoms with Gasteiger partial charge in [0.15, 0.2) is 0 Å². The second-order valence-electron chi connectivity index (χ2n) is 7.72. The van der Waals surface area contributed by atoms with Gasteiger partial charge in [0, 0.05) is 43.0 Å². The fourth-order valence-corrected chi connectivity index (χ4v) is 5.21. The Labute approximate surface area is 159 Å². The van der Waals surface area contributed by atoms with Crippen LogP contribution >= 0.6 is 11.3 Å². The van der Waals surface area contributed by atoms with Crippen LogP contribution in [-0.2, 0) is 17.8 Å². The van der Waals surface area contributed by atoms with Crippen molar-refractivity contribution in [3.63, 3.8) is 0 Å². The summed E-state index contributed by atoms with van der Waals surface area (Å²) in [4.78, 5) is 18.3. The van der Waals surface area contributed by atoms with Gasteiger partial charge >= 0.3 is 0 Å². The van der Waals surface area contributed by atoms with Crippen LogP contribution in [0.1, 0.15) is 16.9 Å². The predicted octanol–water partition coefficient (Wildman–Crippen LogP) is 2.63. The molecule has 1 aromatic carbocycles. The van der Waals surface area contributed by atoms with Crippen molar-refractivity contribution in [3.8, 4) is 0 Å². The van der Waals surface area contributed by atoms with Gasteiger partial charge in [0.1, 0.15) is 0 Å². The molecule has 4 nitrogen and oxygen atoms in total. The van der Waals surface area contributed by atoms with E-state index in [1.807, 2.05) is 28.5 Å². The number of carbonyl (C=O) groups is 1. The molecule has 0 aliphatic carbocycles. The molecule has 4 rings (SSSR count). The highest BCUT2D eigenvalue weighted by molar-refractivity contribution is 7.10. The maximum atomic E-state index is 12.7.